The van der Waals surface area contributed by atoms with Gasteiger partial charge in [0.15, 0.2) is 0 Å². The summed E-state index contributed by atoms with van der Waals surface area (Å²) in [5.41, 5.74) is 1.09. The summed E-state index contributed by atoms with van der Waals surface area (Å²) >= 11 is 0. The molecule has 1 heterocycles. The van der Waals surface area contributed by atoms with Gasteiger partial charge in [-0.15, -0.1) is 0 Å². The Kier molecular flexibility index (Phi) is 4.28. The lowest BCUT2D eigenvalue weighted by Gasteiger charge is -2.26. The molecule has 0 unspecified atom stereocenters. The van der Waals surface area contributed by atoms with E-state index in [2.05, 4.69) is 15.5 Å². The summed E-state index contributed by atoms with van der Waals surface area (Å²) in [6.07, 6.45) is 0. The van der Waals surface area contributed by atoms with Crippen LogP contribution in [0, 0.1) is 12.7 Å². The quantitative estimate of drug-likeness (QED) is 0.841. The number of halogens is 1. The van der Waals surface area contributed by atoms with Crippen LogP contribution in [-0.4, -0.2) is 43.5 Å². The average molecular weight is 251 g/mol. The summed E-state index contributed by atoms with van der Waals surface area (Å²) in [6.45, 7) is 5.61. The van der Waals surface area contributed by atoms with Crippen molar-refractivity contribution >= 4 is 11.6 Å². The molecular weight excluding hydrogens is 233 g/mol. The largest absolute Gasteiger partial charge is 0.325 e. The van der Waals surface area contributed by atoms with Gasteiger partial charge in [0.1, 0.15) is 5.82 Å². The van der Waals surface area contributed by atoms with E-state index in [-0.39, 0.29) is 11.7 Å². The van der Waals surface area contributed by atoms with Crippen molar-refractivity contribution in [2.45, 2.75) is 6.92 Å². The number of hydrogen-bond acceptors (Lipinski definition) is 3. The molecule has 1 aliphatic rings. The van der Waals surface area contributed by atoms with Crippen molar-refractivity contribution in [1.29, 1.82) is 0 Å². The molecule has 1 fully saturated rings. The molecule has 1 aromatic rings. The van der Waals surface area contributed by atoms with E-state index in [1.54, 1.807) is 19.1 Å². The highest BCUT2D eigenvalue weighted by molar-refractivity contribution is 5.92. The summed E-state index contributed by atoms with van der Waals surface area (Å²) in [6, 6.07) is 4.73. The number of nitrogens with zero attached hydrogens (tertiary/aromatic N) is 1. The first-order valence-electron chi connectivity index (χ1n) is 6.14. The third kappa shape index (κ3) is 3.51. The second-order valence-electron chi connectivity index (χ2n) is 4.54. The van der Waals surface area contributed by atoms with Gasteiger partial charge >= 0.3 is 0 Å². The molecular formula is C13H18FN3O. The predicted molar refractivity (Wildman–Crippen MR) is 69.1 cm³/mol. The van der Waals surface area contributed by atoms with Crippen LogP contribution in [0.15, 0.2) is 18.2 Å². The van der Waals surface area contributed by atoms with Crippen molar-refractivity contribution in [1.82, 2.24) is 10.2 Å². The summed E-state index contributed by atoms with van der Waals surface area (Å²) in [5.74, 6) is -0.393. The minimum atomic E-state index is -0.296. The van der Waals surface area contributed by atoms with Crippen LogP contribution in [0.2, 0.25) is 0 Å². The molecule has 0 aliphatic carbocycles. The molecule has 1 amide bonds. The number of piperazine rings is 1. The fourth-order valence-electron chi connectivity index (χ4n) is 1.94. The topological polar surface area (TPSA) is 44.4 Å². The molecule has 5 heteroatoms. The third-order valence-electron chi connectivity index (χ3n) is 3.03. The number of hydrogen-bond donors (Lipinski definition) is 2. The van der Waals surface area contributed by atoms with Crippen molar-refractivity contribution in [3.05, 3.63) is 29.6 Å². The molecule has 2 rings (SSSR count). The highest BCUT2D eigenvalue weighted by atomic mass is 19.1. The van der Waals surface area contributed by atoms with E-state index in [0.29, 0.717) is 17.8 Å². The molecule has 4 nitrogen and oxygen atoms in total. The molecule has 0 radical (unpaired) electrons. The minimum absolute atomic E-state index is 0.0971. The Bertz CT molecular complexity index is 430. The van der Waals surface area contributed by atoms with Crippen LogP contribution in [0.1, 0.15) is 5.56 Å². The van der Waals surface area contributed by atoms with E-state index in [0.717, 1.165) is 26.2 Å². The summed E-state index contributed by atoms with van der Waals surface area (Å²) in [5, 5.41) is 5.94. The Labute approximate surface area is 106 Å². The van der Waals surface area contributed by atoms with Gasteiger partial charge in [-0.1, -0.05) is 6.07 Å². The Morgan fingerprint density at radius 1 is 1.44 bits per heavy atom. The van der Waals surface area contributed by atoms with Gasteiger partial charge < -0.3 is 10.6 Å². The lowest BCUT2D eigenvalue weighted by molar-refractivity contribution is -0.117. The normalized spacial score (nSPS) is 16.6. The number of aryl methyl sites for hydroxylation is 1. The molecule has 98 valence electrons. The molecule has 18 heavy (non-hydrogen) atoms. The number of nitrogens with one attached hydrogen (secondary N) is 2. The van der Waals surface area contributed by atoms with Gasteiger partial charge in [-0.05, 0) is 24.6 Å². The van der Waals surface area contributed by atoms with Crippen LogP contribution < -0.4 is 10.6 Å². The SMILES string of the molecule is Cc1ccc(NC(=O)CN2CCNCC2)cc1F. The summed E-state index contributed by atoms with van der Waals surface area (Å²) in [7, 11) is 0. The number of benzene rings is 1. The molecule has 0 atom stereocenters. The van der Waals surface area contributed by atoms with Gasteiger partial charge in [0.2, 0.25) is 5.91 Å². The van der Waals surface area contributed by atoms with E-state index < -0.39 is 0 Å². The monoisotopic (exact) mass is 251 g/mol. The molecule has 1 aliphatic heterocycles. The lowest BCUT2D eigenvalue weighted by atomic mass is 10.2. The molecule has 1 saturated heterocycles. The minimum Gasteiger partial charge on any atom is -0.325 e. The van der Waals surface area contributed by atoms with Crippen LogP contribution >= 0.6 is 0 Å². The fraction of sp³-hybridized carbons (Fsp3) is 0.462. The maximum absolute atomic E-state index is 13.3. The Hall–Kier alpha value is -1.46. The van der Waals surface area contributed by atoms with Crippen LogP contribution in [-0.2, 0) is 4.79 Å². The smallest absolute Gasteiger partial charge is 0.238 e. The maximum Gasteiger partial charge on any atom is 0.238 e. The first-order chi connectivity index (χ1) is 8.65. The van der Waals surface area contributed by atoms with Crippen molar-refractivity contribution in [3.8, 4) is 0 Å². The molecule has 0 saturated carbocycles. The third-order valence-corrected chi connectivity index (χ3v) is 3.03. The Balaban J connectivity index is 1.88. The molecule has 1 aromatic carbocycles. The standard InChI is InChI=1S/C13H18FN3O/c1-10-2-3-11(8-12(10)14)16-13(18)9-17-6-4-15-5-7-17/h2-3,8,15H,4-7,9H2,1H3,(H,16,18). The van der Waals surface area contributed by atoms with Gasteiger partial charge in [0.05, 0.1) is 6.54 Å². The second kappa shape index (κ2) is 5.93. The number of carbonyl (C=O) groups is 1. The zero-order valence-electron chi connectivity index (χ0n) is 10.5. The van der Waals surface area contributed by atoms with E-state index in [1.807, 2.05) is 0 Å². The van der Waals surface area contributed by atoms with E-state index in [9.17, 15) is 9.18 Å². The van der Waals surface area contributed by atoms with Crippen molar-refractivity contribution < 1.29 is 9.18 Å². The van der Waals surface area contributed by atoms with E-state index in [1.165, 1.54) is 6.07 Å². The first-order valence-corrected chi connectivity index (χ1v) is 6.14. The van der Waals surface area contributed by atoms with Crippen LogP contribution in [0.3, 0.4) is 0 Å². The number of rotatable bonds is 3. The Morgan fingerprint density at radius 2 is 2.17 bits per heavy atom. The van der Waals surface area contributed by atoms with Crippen LogP contribution in [0.4, 0.5) is 10.1 Å². The number of anilines is 1. The van der Waals surface area contributed by atoms with Crippen LogP contribution in [0.25, 0.3) is 0 Å². The zero-order valence-corrected chi connectivity index (χ0v) is 10.5. The van der Waals surface area contributed by atoms with Crippen molar-refractivity contribution in [3.63, 3.8) is 0 Å². The molecule has 0 spiro atoms. The van der Waals surface area contributed by atoms with Gasteiger partial charge in [-0.3, -0.25) is 9.69 Å². The van der Waals surface area contributed by atoms with Gasteiger partial charge in [-0.25, -0.2) is 4.39 Å². The highest BCUT2D eigenvalue weighted by Crippen LogP contribution is 2.13. The lowest BCUT2D eigenvalue weighted by Crippen LogP contribution is -2.46. The molecule has 0 bridgehead atoms. The molecule has 2 N–H and O–H groups in total. The predicted octanol–water partition coefficient (Wildman–Crippen LogP) is 0.978. The van der Waals surface area contributed by atoms with Gasteiger partial charge in [0, 0.05) is 31.9 Å². The molecule has 0 aromatic heterocycles. The van der Waals surface area contributed by atoms with Gasteiger partial charge in [-0.2, -0.15) is 0 Å². The second-order valence-corrected chi connectivity index (χ2v) is 4.54. The summed E-state index contributed by atoms with van der Waals surface area (Å²) in [4.78, 5) is 13.9. The van der Waals surface area contributed by atoms with Gasteiger partial charge in [0.25, 0.3) is 0 Å². The van der Waals surface area contributed by atoms with E-state index >= 15 is 0 Å². The van der Waals surface area contributed by atoms with E-state index in [4.69, 9.17) is 0 Å². The first kappa shape index (κ1) is 13.0. The number of carbonyl (C=O) groups excluding carboxylic acids is 1. The van der Waals surface area contributed by atoms with Crippen molar-refractivity contribution in [2.75, 3.05) is 38.0 Å². The fourth-order valence-corrected chi connectivity index (χ4v) is 1.94. The highest BCUT2D eigenvalue weighted by Gasteiger charge is 2.13. The number of amides is 1. The maximum atomic E-state index is 13.3. The van der Waals surface area contributed by atoms with Crippen LogP contribution in [0.5, 0.6) is 0 Å². The summed E-state index contributed by atoms with van der Waals surface area (Å²) < 4.78 is 13.3. The average Bonchev–Trinajstić information content (AvgIpc) is 2.35. The Morgan fingerprint density at radius 3 is 2.83 bits per heavy atom. The zero-order chi connectivity index (χ0) is 13.0. The van der Waals surface area contributed by atoms with Crippen molar-refractivity contribution in [2.24, 2.45) is 0 Å².